The SMILES string of the molecule is COc1cc(N)cc(NCc2nc(C)c(C)o2)c1. The Morgan fingerprint density at radius 1 is 1.33 bits per heavy atom. The lowest BCUT2D eigenvalue weighted by atomic mass is 10.2. The van der Waals surface area contributed by atoms with Gasteiger partial charge >= 0.3 is 0 Å². The van der Waals surface area contributed by atoms with Gasteiger partial charge in [0.2, 0.25) is 5.89 Å². The van der Waals surface area contributed by atoms with E-state index in [9.17, 15) is 0 Å². The van der Waals surface area contributed by atoms with Crippen LogP contribution in [0.5, 0.6) is 5.75 Å². The molecule has 1 aromatic heterocycles. The standard InChI is InChI=1S/C13H17N3O2/c1-8-9(2)18-13(16-8)7-15-11-4-10(14)5-12(6-11)17-3/h4-6,15H,7,14H2,1-3H3. The van der Waals surface area contributed by atoms with Gasteiger partial charge in [0.05, 0.1) is 19.3 Å². The molecule has 5 heteroatoms. The van der Waals surface area contributed by atoms with Crippen LogP contribution in [0.2, 0.25) is 0 Å². The second kappa shape index (κ2) is 5.00. The Kier molecular flexibility index (Phi) is 3.41. The van der Waals surface area contributed by atoms with Crippen molar-refractivity contribution in [2.75, 3.05) is 18.2 Å². The number of oxazole rings is 1. The van der Waals surface area contributed by atoms with Gasteiger partial charge in [0.25, 0.3) is 0 Å². The van der Waals surface area contributed by atoms with Gasteiger partial charge in [0.15, 0.2) is 0 Å². The van der Waals surface area contributed by atoms with Crippen LogP contribution in [-0.4, -0.2) is 12.1 Å². The predicted molar refractivity (Wildman–Crippen MR) is 70.7 cm³/mol. The van der Waals surface area contributed by atoms with Gasteiger partial charge in [-0.05, 0) is 19.9 Å². The summed E-state index contributed by atoms with van der Waals surface area (Å²) in [5.74, 6) is 2.22. The van der Waals surface area contributed by atoms with Crippen molar-refractivity contribution < 1.29 is 9.15 Å². The van der Waals surface area contributed by atoms with Gasteiger partial charge in [0.1, 0.15) is 11.5 Å². The first kappa shape index (κ1) is 12.3. The van der Waals surface area contributed by atoms with Gasteiger partial charge in [0, 0.05) is 23.5 Å². The Morgan fingerprint density at radius 2 is 2.11 bits per heavy atom. The summed E-state index contributed by atoms with van der Waals surface area (Å²) in [6.45, 7) is 4.34. The van der Waals surface area contributed by atoms with Crippen LogP contribution >= 0.6 is 0 Å². The molecule has 0 saturated carbocycles. The number of rotatable bonds is 4. The number of nitrogens with one attached hydrogen (secondary N) is 1. The smallest absolute Gasteiger partial charge is 0.213 e. The minimum Gasteiger partial charge on any atom is -0.497 e. The molecule has 0 radical (unpaired) electrons. The maximum atomic E-state index is 5.77. The highest BCUT2D eigenvalue weighted by Crippen LogP contribution is 2.22. The summed E-state index contributed by atoms with van der Waals surface area (Å²) in [5, 5.41) is 3.20. The third-order valence-electron chi connectivity index (χ3n) is 2.68. The van der Waals surface area contributed by atoms with Crippen LogP contribution in [0.1, 0.15) is 17.3 Å². The van der Waals surface area contributed by atoms with Crippen LogP contribution in [0.4, 0.5) is 11.4 Å². The van der Waals surface area contributed by atoms with Crippen molar-refractivity contribution >= 4 is 11.4 Å². The maximum Gasteiger partial charge on any atom is 0.213 e. The summed E-state index contributed by atoms with van der Waals surface area (Å²) >= 11 is 0. The van der Waals surface area contributed by atoms with E-state index in [1.807, 2.05) is 26.0 Å². The van der Waals surface area contributed by atoms with Crippen LogP contribution in [0.15, 0.2) is 22.6 Å². The van der Waals surface area contributed by atoms with E-state index in [2.05, 4.69) is 10.3 Å². The minimum atomic E-state index is 0.515. The normalized spacial score (nSPS) is 10.4. The van der Waals surface area contributed by atoms with Gasteiger partial charge in [-0.2, -0.15) is 0 Å². The molecule has 0 atom stereocenters. The summed E-state index contributed by atoms with van der Waals surface area (Å²) in [4.78, 5) is 4.30. The van der Waals surface area contributed by atoms with E-state index < -0.39 is 0 Å². The number of benzene rings is 1. The molecular formula is C13H17N3O2. The molecule has 0 aliphatic heterocycles. The van der Waals surface area contributed by atoms with Crippen LogP contribution < -0.4 is 15.8 Å². The molecule has 2 aromatic rings. The second-order valence-electron chi connectivity index (χ2n) is 4.10. The Labute approximate surface area is 106 Å². The average molecular weight is 247 g/mol. The molecule has 1 aromatic carbocycles. The minimum absolute atomic E-state index is 0.515. The van der Waals surface area contributed by atoms with E-state index >= 15 is 0 Å². The van der Waals surface area contributed by atoms with Crippen molar-refractivity contribution in [3.63, 3.8) is 0 Å². The van der Waals surface area contributed by atoms with Crippen molar-refractivity contribution in [3.8, 4) is 5.75 Å². The fourth-order valence-electron chi connectivity index (χ4n) is 1.63. The molecule has 0 unspecified atom stereocenters. The number of nitrogen functional groups attached to an aromatic ring is 1. The summed E-state index contributed by atoms with van der Waals surface area (Å²) in [6.07, 6.45) is 0. The molecule has 1 heterocycles. The van der Waals surface area contributed by atoms with Gasteiger partial charge in [-0.15, -0.1) is 0 Å². The number of hydrogen-bond donors (Lipinski definition) is 2. The van der Waals surface area contributed by atoms with Crippen molar-refractivity contribution in [2.45, 2.75) is 20.4 Å². The van der Waals surface area contributed by atoms with Crippen LogP contribution in [0.25, 0.3) is 0 Å². The van der Waals surface area contributed by atoms with E-state index in [0.717, 1.165) is 22.9 Å². The summed E-state index contributed by atoms with van der Waals surface area (Å²) < 4.78 is 10.6. The van der Waals surface area contributed by atoms with E-state index in [1.165, 1.54) is 0 Å². The summed E-state index contributed by atoms with van der Waals surface area (Å²) in [5.41, 5.74) is 8.21. The zero-order valence-electron chi connectivity index (χ0n) is 10.8. The van der Waals surface area contributed by atoms with E-state index in [-0.39, 0.29) is 0 Å². The van der Waals surface area contributed by atoms with Crippen molar-refractivity contribution in [1.29, 1.82) is 0 Å². The molecule has 0 fully saturated rings. The largest absolute Gasteiger partial charge is 0.497 e. The van der Waals surface area contributed by atoms with Crippen LogP contribution in [0.3, 0.4) is 0 Å². The lowest BCUT2D eigenvalue weighted by Crippen LogP contribution is -2.01. The number of aryl methyl sites for hydroxylation is 2. The van der Waals surface area contributed by atoms with Gasteiger partial charge in [-0.1, -0.05) is 0 Å². The summed E-state index contributed by atoms with van der Waals surface area (Å²) in [6, 6.07) is 5.48. The zero-order valence-corrected chi connectivity index (χ0v) is 10.8. The highest BCUT2D eigenvalue weighted by molar-refractivity contribution is 5.59. The fraction of sp³-hybridized carbons (Fsp3) is 0.308. The highest BCUT2D eigenvalue weighted by Gasteiger charge is 2.05. The third kappa shape index (κ3) is 2.74. The predicted octanol–water partition coefficient (Wildman–Crippen LogP) is 2.49. The number of aromatic nitrogens is 1. The van der Waals surface area contributed by atoms with Crippen molar-refractivity contribution in [2.24, 2.45) is 0 Å². The second-order valence-corrected chi connectivity index (χ2v) is 4.10. The van der Waals surface area contributed by atoms with Gasteiger partial charge < -0.3 is 20.2 Å². The van der Waals surface area contributed by atoms with Crippen LogP contribution in [-0.2, 0) is 6.54 Å². The van der Waals surface area contributed by atoms with Gasteiger partial charge in [-0.25, -0.2) is 4.98 Å². The highest BCUT2D eigenvalue weighted by atomic mass is 16.5. The molecule has 0 bridgehead atoms. The monoisotopic (exact) mass is 247 g/mol. The zero-order chi connectivity index (χ0) is 13.1. The van der Waals surface area contributed by atoms with Gasteiger partial charge in [-0.3, -0.25) is 0 Å². The third-order valence-corrected chi connectivity index (χ3v) is 2.68. The number of hydrogen-bond acceptors (Lipinski definition) is 5. The Morgan fingerprint density at radius 3 is 2.72 bits per heavy atom. The molecule has 2 rings (SSSR count). The first-order valence-corrected chi connectivity index (χ1v) is 5.70. The molecule has 0 saturated heterocycles. The fourth-order valence-corrected chi connectivity index (χ4v) is 1.63. The first-order chi connectivity index (χ1) is 8.58. The molecule has 0 amide bonds. The number of anilines is 2. The lowest BCUT2D eigenvalue weighted by Gasteiger charge is -2.07. The number of nitrogens with zero attached hydrogens (tertiary/aromatic N) is 1. The molecule has 96 valence electrons. The molecule has 3 N–H and O–H groups in total. The molecule has 18 heavy (non-hydrogen) atoms. The maximum absolute atomic E-state index is 5.77. The number of ether oxygens (including phenoxy) is 1. The van der Waals surface area contributed by atoms with Crippen LogP contribution in [0, 0.1) is 13.8 Å². The molecule has 0 aliphatic carbocycles. The topological polar surface area (TPSA) is 73.3 Å². The van der Waals surface area contributed by atoms with E-state index in [0.29, 0.717) is 18.1 Å². The Balaban J connectivity index is 2.07. The summed E-state index contributed by atoms with van der Waals surface area (Å²) in [7, 11) is 1.61. The van der Waals surface area contributed by atoms with Crippen molar-refractivity contribution in [3.05, 3.63) is 35.5 Å². The average Bonchev–Trinajstić information content (AvgIpc) is 2.65. The first-order valence-electron chi connectivity index (χ1n) is 5.70. The Bertz CT molecular complexity index is 530. The molecule has 0 aliphatic rings. The quantitative estimate of drug-likeness (QED) is 0.812. The Hall–Kier alpha value is -2.17. The molecule has 5 nitrogen and oxygen atoms in total. The number of methoxy groups -OCH3 is 1. The van der Waals surface area contributed by atoms with E-state index in [4.69, 9.17) is 14.9 Å². The van der Waals surface area contributed by atoms with Crippen molar-refractivity contribution in [1.82, 2.24) is 4.98 Å². The number of nitrogens with two attached hydrogens (primary N) is 1. The lowest BCUT2D eigenvalue weighted by molar-refractivity contribution is 0.415. The van der Waals surface area contributed by atoms with E-state index in [1.54, 1.807) is 13.2 Å². The molecule has 0 spiro atoms. The molecular weight excluding hydrogens is 230 g/mol.